The lowest BCUT2D eigenvalue weighted by atomic mass is 10.2. The zero-order valence-corrected chi connectivity index (χ0v) is 12.1. The van der Waals surface area contributed by atoms with E-state index in [9.17, 15) is 13.5 Å². The number of para-hydroxylation sites is 1. The van der Waals surface area contributed by atoms with Gasteiger partial charge in [-0.2, -0.15) is 0 Å². The molecule has 0 bridgehead atoms. The zero-order chi connectivity index (χ0) is 14.2. The van der Waals surface area contributed by atoms with Crippen LogP contribution in [0.15, 0.2) is 29.2 Å². The van der Waals surface area contributed by atoms with E-state index in [1.54, 1.807) is 12.1 Å². The van der Waals surface area contributed by atoms with Crippen LogP contribution >= 0.6 is 0 Å². The van der Waals surface area contributed by atoms with Crippen molar-refractivity contribution >= 4 is 15.7 Å². The standard InChI is InChI=1S/C14H20N2O3S/c17-10-9-16(12-7-8-12)13-3-1-2-4-14(13)20(18,19)15-11-5-6-11/h1-4,11-12,15,17H,5-10H2. The number of rotatable bonds is 7. The molecule has 2 aliphatic carbocycles. The van der Waals surface area contributed by atoms with Crippen molar-refractivity contribution in [2.75, 3.05) is 18.1 Å². The highest BCUT2D eigenvalue weighted by atomic mass is 32.2. The summed E-state index contributed by atoms with van der Waals surface area (Å²) in [6.45, 7) is 0.502. The van der Waals surface area contributed by atoms with Crippen LogP contribution in [0.2, 0.25) is 0 Å². The lowest BCUT2D eigenvalue weighted by Gasteiger charge is -2.26. The maximum absolute atomic E-state index is 12.5. The first kappa shape index (κ1) is 13.9. The smallest absolute Gasteiger partial charge is 0.242 e. The average molecular weight is 296 g/mol. The Kier molecular flexibility index (Phi) is 3.70. The predicted molar refractivity (Wildman–Crippen MR) is 77.2 cm³/mol. The fourth-order valence-electron chi connectivity index (χ4n) is 2.40. The van der Waals surface area contributed by atoms with Crippen molar-refractivity contribution in [2.45, 2.75) is 42.7 Å². The van der Waals surface area contributed by atoms with Crippen LogP contribution in [0.5, 0.6) is 0 Å². The quantitative estimate of drug-likeness (QED) is 0.790. The molecule has 5 nitrogen and oxygen atoms in total. The van der Waals surface area contributed by atoms with Crippen molar-refractivity contribution in [3.63, 3.8) is 0 Å². The molecule has 2 aliphatic rings. The summed E-state index contributed by atoms with van der Waals surface area (Å²) in [6, 6.07) is 7.52. The van der Waals surface area contributed by atoms with E-state index >= 15 is 0 Å². The summed E-state index contributed by atoms with van der Waals surface area (Å²) in [7, 11) is -3.47. The van der Waals surface area contributed by atoms with Crippen molar-refractivity contribution in [1.82, 2.24) is 4.72 Å². The molecular weight excluding hydrogens is 276 g/mol. The van der Waals surface area contributed by atoms with E-state index in [4.69, 9.17) is 0 Å². The van der Waals surface area contributed by atoms with Crippen molar-refractivity contribution in [3.8, 4) is 0 Å². The third-order valence-corrected chi connectivity index (χ3v) is 5.26. The van der Waals surface area contributed by atoms with E-state index in [0.29, 0.717) is 23.2 Å². The van der Waals surface area contributed by atoms with Crippen LogP contribution in [0, 0.1) is 0 Å². The van der Waals surface area contributed by atoms with Gasteiger partial charge >= 0.3 is 0 Å². The minimum atomic E-state index is -3.47. The van der Waals surface area contributed by atoms with Gasteiger partial charge in [0.1, 0.15) is 4.90 Å². The molecule has 3 rings (SSSR count). The Bertz CT molecular complexity index is 580. The molecule has 2 saturated carbocycles. The number of aliphatic hydroxyl groups excluding tert-OH is 1. The van der Waals surface area contributed by atoms with Gasteiger partial charge in [0, 0.05) is 18.6 Å². The highest BCUT2D eigenvalue weighted by Crippen LogP contribution is 2.35. The molecule has 0 aromatic heterocycles. The normalized spacial score (nSPS) is 19.1. The Morgan fingerprint density at radius 1 is 1.20 bits per heavy atom. The fourth-order valence-corrected chi connectivity index (χ4v) is 3.92. The van der Waals surface area contributed by atoms with Crippen molar-refractivity contribution in [1.29, 1.82) is 0 Å². The number of sulfonamides is 1. The Balaban J connectivity index is 1.93. The summed E-state index contributed by atoms with van der Waals surface area (Å²) in [4.78, 5) is 2.34. The van der Waals surface area contributed by atoms with Crippen LogP contribution in [-0.2, 0) is 10.0 Å². The van der Waals surface area contributed by atoms with Gasteiger partial charge in [-0.05, 0) is 37.8 Å². The highest BCUT2D eigenvalue weighted by molar-refractivity contribution is 7.89. The molecule has 0 atom stereocenters. The van der Waals surface area contributed by atoms with E-state index < -0.39 is 10.0 Å². The molecule has 0 aliphatic heterocycles. The van der Waals surface area contributed by atoms with Crippen LogP contribution in [0.25, 0.3) is 0 Å². The summed E-state index contributed by atoms with van der Waals surface area (Å²) >= 11 is 0. The monoisotopic (exact) mass is 296 g/mol. The molecule has 2 fully saturated rings. The van der Waals surface area contributed by atoms with Gasteiger partial charge in [0.15, 0.2) is 0 Å². The van der Waals surface area contributed by atoms with Gasteiger partial charge in [-0.1, -0.05) is 12.1 Å². The van der Waals surface area contributed by atoms with Gasteiger partial charge in [-0.3, -0.25) is 0 Å². The Hall–Kier alpha value is -1.11. The maximum Gasteiger partial charge on any atom is 0.242 e. The molecule has 1 aromatic rings. The third kappa shape index (κ3) is 2.97. The van der Waals surface area contributed by atoms with Gasteiger partial charge in [0.05, 0.1) is 12.3 Å². The van der Waals surface area contributed by atoms with Crippen LogP contribution in [0.1, 0.15) is 25.7 Å². The second-order valence-electron chi connectivity index (χ2n) is 5.51. The molecule has 0 spiro atoms. The Morgan fingerprint density at radius 3 is 2.50 bits per heavy atom. The Labute approximate surface area is 119 Å². The zero-order valence-electron chi connectivity index (χ0n) is 11.3. The van der Waals surface area contributed by atoms with Crippen molar-refractivity contribution < 1.29 is 13.5 Å². The molecule has 0 saturated heterocycles. The minimum absolute atomic E-state index is 0.0287. The van der Waals surface area contributed by atoms with Crippen LogP contribution in [0.4, 0.5) is 5.69 Å². The lowest BCUT2D eigenvalue weighted by Crippen LogP contribution is -2.32. The Morgan fingerprint density at radius 2 is 1.90 bits per heavy atom. The van der Waals surface area contributed by atoms with Crippen LogP contribution in [-0.4, -0.2) is 38.8 Å². The average Bonchev–Trinajstić information content (AvgIpc) is 3.29. The minimum Gasteiger partial charge on any atom is -0.395 e. The van der Waals surface area contributed by atoms with E-state index in [1.165, 1.54) is 0 Å². The second kappa shape index (κ2) is 5.35. The lowest BCUT2D eigenvalue weighted by molar-refractivity contribution is 0.301. The molecule has 0 amide bonds. The largest absolute Gasteiger partial charge is 0.395 e. The summed E-state index contributed by atoms with van der Waals surface area (Å²) < 4.78 is 27.6. The van der Waals surface area contributed by atoms with E-state index in [2.05, 4.69) is 4.72 Å². The first-order valence-corrected chi connectivity index (χ1v) is 8.59. The van der Waals surface area contributed by atoms with Gasteiger partial charge < -0.3 is 10.0 Å². The van der Waals surface area contributed by atoms with Crippen molar-refractivity contribution in [2.24, 2.45) is 0 Å². The summed E-state index contributed by atoms with van der Waals surface area (Å²) in [5, 5.41) is 9.22. The predicted octanol–water partition coefficient (Wildman–Crippen LogP) is 1.09. The van der Waals surface area contributed by atoms with Gasteiger partial charge in [-0.15, -0.1) is 0 Å². The van der Waals surface area contributed by atoms with Gasteiger partial charge in [-0.25, -0.2) is 13.1 Å². The molecule has 0 radical (unpaired) electrons. The number of nitrogens with zero attached hydrogens (tertiary/aromatic N) is 1. The molecule has 110 valence electrons. The van der Waals surface area contributed by atoms with Crippen LogP contribution < -0.4 is 9.62 Å². The van der Waals surface area contributed by atoms with Crippen molar-refractivity contribution in [3.05, 3.63) is 24.3 Å². The first-order valence-electron chi connectivity index (χ1n) is 7.10. The molecule has 2 N–H and O–H groups in total. The number of aliphatic hydroxyl groups is 1. The number of benzene rings is 1. The molecule has 0 heterocycles. The summed E-state index contributed by atoms with van der Waals surface area (Å²) in [5.74, 6) is 0. The maximum atomic E-state index is 12.5. The second-order valence-corrected chi connectivity index (χ2v) is 7.19. The number of hydrogen-bond donors (Lipinski definition) is 2. The summed E-state index contributed by atoms with van der Waals surface area (Å²) in [6.07, 6.45) is 3.96. The molecule has 0 unspecified atom stereocenters. The van der Waals surface area contributed by atoms with E-state index in [-0.39, 0.29) is 12.6 Å². The number of hydrogen-bond acceptors (Lipinski definition) is 4. The fraction of sp³-hybridized carbons (Fsp3) is 0.571. The van der Waals surface area contributed by atoms with E-state index in [0.717, 1.165) is 25.7 Å². The number of nitrogens with one attached hydrogen (secondary N) is 1. The van der Waals surface area contributed by atoms with Gasteiger partial charge in [0.2, 0.25) is 10.0 Å². The highest BCUT2D eigenvalue weighted by Gasteiger charge is 2.34. The third-order valence-electron chi connectivity index (χ3n) is 3.69. The first-order chi connectivity index (χ1) is 9.62. The topological polar surface area (TPSA) is 69.6 Å². The SMILES string of the molecule is O=S(=O)(NC1CC1)c1ccccc1N(CCO)C1CC1. The summed E-state index contributed by atoms with van der Waals surface area (Å²) in [5.41, 5.74) is 0.706. The van der Waals surface area contributed by atoms with E-state index in [1.807, 2.05) is 17.0 Å². The molecule has 6 heteroatoms. The van der Waals surface area contributed by atoms with Gasteiger partial charge in [0.25, 0.3) is 0 Å². The molecule has 1 aromatic carbocycles. The van der Waals surface area contributed by atoms with Crippen LogP contribution in [0.3, 0.4) is 0 Å². The number of anilines is 1. The molecular formula is C14H20N2O3S. The molecule has 20 heavy (non-hydrogen) atoms.